The summed E-state index contributed by atoms with van der Waals surface area (Å²) >= 11 is 0. The molecule has 25 heavy (non-hydrogen) atoms. The summed E-state index contributed by atoms with van der Waals surface area (Å²) in [6, 6.07) is 15.0. The second-order valence-electron chi connectivity index (χ2n) is 5.67. The number of sulfonamides is 1. The molecule has 0 fully saturated rings. The molecule has 0 aliphatic carbocycles. The van der Waals surface area contributed by atoms with Gasteiger partial charge in [-0.15, -0.1) is 0 Å². The molecule has 2 rings (SSSR count). The molecule has 1 amide bonds. The molecule has 0 aromatic heterocycles. The van der Waals surface area contributed by atoms with Crippen LogP contribution in [0.15, 0.2) is 59.5 Å². The van der Waals surface area contributed by atoms with Crippen LogP contribution >= 0.6 is 0 Å². The molecule has 0 aliphatic rings. The number of rotatable bonds is 8. The van der Waals surface area contributed by atoms with Crippen molar-refractivity contribution in [2.75, 3.05) is 13.7 Å². The number of methoxy groups -OCH3 is 1. The van der Waals surface area contributed by atoms with Crippen molar-refractivity contribution < 1.29 is 17.9 Å². The quantitative estimate of drug-likeness (QED) is 0.751. The highest BCUT2D eigenvalue weighted by Gasteiger charge is 2.17. The first kappa shape index (κ1) is 19.1. The summed E-state index contributed by atoms with van der Waals surface area (Å²) in [4.78, 5) is 12.3. The molecule has 6 nitrogen and oxygen atoms in total. The standard InChI is InChI=1S/C18H22N2O4S/c1-14(13-24-2)20-25(22,23)17-10-8-16(9-11-17)18(21)19-12-15-6-4-3-5-7-15/h3-11,14,20H,12-13H2,1-2H3,(H,19,21)/t14-/m1/s1. The van der Waals surface area contributed by atoms with Gasteiger partial charge in [-0.3, -0.25) is 4.79 Å². The van der Waals surface area contributed by atoms with Gasteiger partial charge in [-0.25, -0.2) is 13.1 Å². The Morgan fingerprint density at radius 1 is 1.08 bits per heavy atom. The van der Waals surface area contributed by atoms with Gasteiger partial charge in [0.05, 0.1) is 11.5 Å². The first-order valence-electron chi connectivity index (χ1n) is 7.86. The molecule has 2 N–H and O–H groups in total. The summed E-state index contributed by atoms with van der Waals surface area (Å²) < 4.78 is 31.9. The van der Waals surface area contributed by atoms with Gasteiger partial charge >= 0.3 is 0 Å². The number of nitrogens with one attached hydrogen (secondary N) is 2. The molecule has 0 heterocycles. The van der Waals surface area contributed by atoms with Crippen LogP contribution in [0.4, 0.5) is 0 Å². The van der Waals surface area contributed by atoms with Crippen molar-refractivity contribution in [2.45, 2.75) is 24.4 Å². The number of amides is 1. The number of carbonyl (C=O) groups is 1. The number of hydrogen-bond acceptors (Lipinski definition) is 4. The molecule has 0 saturated carbocycles. The lowest BCUT2D eigenvalue weighted by Gasteiger charge is -2.13. The lowest BCUT2D eigenvalue weighted by Crippen LogP contribution is -2.35. The van der Waals surface area contributed by atoms with Gasteiger partial charge in [0.2, 0.25) is 10.0 Å². The van der Waals surface area contributed by atoms with Gasteiger partial charge in [-0.05, 0) is 36.8 Å². The van der Waals surface area contributed by atoms with Gasteiger partial charge < -0.3 is 10.1 Å². The van der Waals surface area contributed by atoms with Gasteiger partial charge in [0.25, 0.3) is 5.91 Å². The Hall–Kier alpha value is -2.22. The fourth-order valence-electron chi connectivity index (χ4n) is 2.28. The van der Waals surface area contributed by atoms with E-state index in [-0.39, 0.29) is 23.5 Å². The largest absolute Gasteiger partial charge is 0.383 e. The summed E-state index contributed by atoms with van der Waals surface area (Å²) in [6.07, 6.45) is 0. The van der Waals surface area contributed by atoms with Crippen molar-refractivity contribution in [1.29, 1.82) is 0 Å². The predicted molar refractivity (Wildman–Crippen MR) is 95.7 cm³/mol. The Labute approximate surface area is 148 Å². The van der Waals surface area contributed by atoms with E-state index in [0.29, 0.717) is 12.1 Å². The van der Waals surface area contributed by atoms with E-state index in [9.17, 15) is 13.2 Å². The summed E-state index contributed by atoms with van der Waals surface area (Å²) in [5.74, 6) is -0.256. The minimum atomic E-state index is -3.64. The van der Waals surface area contributed by atoms with Crippen LogP contribution in [0.1, 0.15) is 22.8 Å². The average Bonchev–Trinajstić information content (AvgIpc) is 2.60. The maximum Gasteiger partial charge on any atom is 0.251 e. The van der Waals surface area contributed by atoms with E-state index >= 15 is 0 Å². The van der Waals surface area contributed by atoms with Crippen molar-refractivity contribution in [2.24, 2.45) is 0 Å². The van der Waals surface area contributed by atoms with Crippen molar-refractivity contribution in [3.05, 3.63) is 65.7 Å². The number of hydrogen-bond donors (Lipinski definition) is 2. The van der Waals surface area contributed by atoms with E-state index in [1.165, 1.54) is 31.4 Å². The molecule has 0 aliphatic heterocycles. The summed E-state index contributed by atoms with van der Waals surface area (Å²) in [5, 5.41) is 2.80. The number of benzene rings is 2. The van der Waals surface area contributed by atoms with Crippen LogP contribution in [-0.4, -0.2) is 34.1 Å². The van der Waals surface area contributed by atoms with E-state index in [1.807, 2.05) is 30.3 Å². The van der Waals surface area contributed by atoms with E-state index in [2.05, 4.69) is 10.0 Å². The third-order valence-corrected chi connectivity index (χ3v) is 5.10. The zero-order valence-electron chi connectivity index (χ0n) is 14.2. The van der Waals surface area contributed by atoms with Crippen molar-refractivity contribution in [1.82, 2.24) is 10.0 Å². The molecule has 7 heteroatoms. The van der Waals surface area contributed by atoms with Crippen LogP contribution in [0.3, 0.4) is 0 Å². The van der Waals surface area contributed by atoms with Crippen LogP contribution in [0.2, 0.25) is 0 Å². The average molecular weight is 362 g/mol. The van der Waals surface area contributed by atoms with Crippen LogP contribution < -0.4 is 10.0 Å². The van der Waals surface area contributed by atoms with E-state index in [0.717, 1.165) is 5.56 Å². The van der Waals surface area contributed by atoms with E-state index in [1.54, 1.807) is 6.92 Å². The molecule has 0 spiro atoms. The van der Waals surface area contributed by atoms with Gasteiger partial charge in [0.15, 0.2) is 0 Å². The second kappa shape index (κ2) is 8.75. The van der Waals surface area contributed by atoms with Crippen LogP contribution in [0.25, 0.3) is 0 Å². The SMILES string of the molecule is COC[C@@H](C)NS(=O)(=O)c1ccc(C(=O)NCc2ccccc2)cc1. The number of carbonyl (C=O) groups excluding carboxylic acids is 1. The first-order chi connectivity index (χ1) is 11.9. The van der Waals surface area contributed by atoms with Crippen LogP contribution in [0.5, 0.6) is 0 Å². The predicted octanol–water partition coefficient (Wildman–Crippen LogP) is 1.93. The molecule has 2 aromatic carbocycles. The molecule has 0 saturated heterocycles. The van der Waals surface area contributed by atoms with Crippen molar-refractivity contribution in [3.63, 3.8) is 0 Å². The Balaban J connectivity index is 2.00. The minimum Gasteiger partial charge on any atom is -0.383 e. The summed E-state index contributed by atoms with van der Waals surface area (Å²) in [5.41, 5.74) is 1.39. The molecule has 0 bridgehead atoms. The topological polar surface area (TPSA) is 84.5 Å². The Morgan fingerprint density at radius 3 is 2.32 bits per heavy atom. The van der Waals surface area contributed by atoms with Gasteiger partial charge in [-0.1, -0.05) is 30.3 Å². The lowest BCUT2D eigenvalue weighted by molar-refractivity contribution is 0.0951. The maximum absolute atomic E-state index is 12.2. The van der Waals surface area contributed by atoms with Crippen LogP contribution in [-0.2, 0) is 21.3 Å². The highest BCUT2D eigenvalue weighted by atomic mass is 32.2. The fraction of sp³-hybridized carbons (Fsp3) is 0.278. The monoisotopic (exact) mass is 362 g/mol. The fourth-order valence-corrected chi connectivity index (χ4v) is 3.51. The summed E-state index contributed by atoms with van der Waals surface area (Å²) in [6.45, 7) is 2.40. The molecule has 0 unspecified atom stereocenters. The van der Waals surface area contributed by atoms with E-state index < -0.39 is 10.0 Å². The van der Waals surface area contributed by atoms with Crippen LogP contribution in [0, 0.1) is 0 Å². The zero-order chi connectivity index (χ0) is 18.3. The zero-order valence-corrected chi connectivity index (χ0v) is 15.0. The third kappa shape index (κ3) is 5.67. The Kier molecular flexibility index (Phi) is 6.69. The van der Waals surface area contributed by atoms with Gasteiger partial charge in [0, 0.05) is 25.3 Å². The Bertz CT molecular complexity index is 790. The van der Waals surface area contributed by atoms with Crippen molar-refractivity contribution in [3.8, 4) is 0 Å². The second-order valence-corrected chi connectivity index (χ2v) is 7.38. The molecule has 1 atom stereocenters. The maximum atomic E-state index is 12.2. The lowest BCUT2D eigenvalue weighted by atomic mass is 10.2. The third-order valence-electron chi connectivity index (χ3n) is 3.50. The molecule has 0 radical (unpaired) electrons. The smallest absolute Gasteiger partial charge is 0.251 e. The first-order valence-corrected chi connectivity index (χ1v) is 9.34. The highest BCUT2D eigenvalue weighted by Crippen LogP contribution is 2.11. The number of ether oxygens (including phenoxy) is 1. The molecular weight excluding hydrogens is 340 g/mol. The Morgan fingerprint density at radius 2 is 1.72 bits per heavy atom. The van der Waals surface area contributed by atoms with Gasteiger partial charge in [-0.2, -0.15) is 0 Å². The molecular formula is C18H22N2O4S. The minimum absolute atomic E-state index is 0.107. The highest BCUT2D eigenvalue weighted by molar-refractivity contribution is 7.89. The summed E-state index contributed by atoms with van der Waals surface area (Å²) in [7, 11) is -2.13. The van der Waals surface area contributed by atoms with Crippen molar-refractivity contribution >= 4 is 15.9 Å². The van der Waals surface area contributed by atoms with Gasteiger partial charge in [0.1, 0.15) is 0 Å². The molecule has 2 aromatic rings. The normalized spacial score (nSPS) is 12.6. The van der Waals surface area contributed by atoms with E-state index in [4.69, 9.17) is 4.74 Å². The molecule has 134 valence electrons.